The van der Waals surface area contributed by atoms with Gasteiger partial charge >= 0.3 is 0 Å². The van der Waals surface area contributed by atoms with Crippen molar-refractivity contribution in [1.29, 1.82) is 0 Å². The van der Waals surface area contributed by atoms with Crippen LogP contribution in [0.25, 0.3) is 0 Å². The molecule has 0 aliphatic rings. The molecule has 0 saturated heterocycles. The zero-order valence-corrected chi connectivity index (χ0v) is 12.1. The maximum absolute atomic E-state index is 12.2. The molecule has 5 nitrogen and oxygen atoms in total. The summed E-state index contributed by atoms with van der Waals surface area (Å²) in [4.78, 5) is 22.7. The second-order valence-corrected chi connectivity index (χ2v) is 5.03. The molecule has 0 aliphatic heterocycles. The predicted octanol–water partition coefficient (Wildman–Crippen LogP) is 3.77. The van der Waals surface area contributed by atoms with E-state index in [1.807, 2.05) is 26.0 Å². The summed E-state index contributed by atoms with van der Waals surface area (Å²) >= 11 is 0. The predicted molar refractivity (Wildman–Crippen MR) is 81.7 cm³/mol. The quantitative estimate of drug-likeness (QED) is 0.688. The summed E-state index contributed by atoms with van der Waals surface area (Å²) in [6, 6.07) is 10.2. The van der Waals surface area contributed by atoms with Gasteiger partial charge in [-0.1, -0.05) is 23.8 Å². The first-order chi connectivity index (χ1) is 9.88. The fourth-order valence-corrected chi connectivity index (χ4v) is 2.15. The lowest BCUT2D eigenvalue weighted by molar-refractivity contribution is -0.385. The Morgan fingerprint density at radius 1 is 1.05 bits per heavy atom. The molecule has 0 aliphatic carbocycles. The molecule has 0 atom stereocenters. The van der Waals surface area contributed by atoms with Gasteiger partial charge in [-0.05, 0) is 38.5 Å². The van der Waals surface area contributed by atoms with Crippen molar-refractivity contribution in [2.45, 2.75) is 20.8 Å². The lowest BCUT2D eigenvalue weighted by Crippen LogP contribution is -2.13. The fraction of sp³-hybridized carbons (Fsp3) is 0.188. The van der Waals surface area contributed by atoms with Crippen LogP contribution in [-0.2, 0) is 0 Å². The molecule has 2 aromatic carbocycles. The van der Waals surface area contributed by atoms with E-state index in [-0.39, 0.29) is 11.6 Å². The normalized spacial score (nSPS) is 10.2. The van der Waals surface area contributed by atoms with E-state index in [4.69, 9.17) is 0 Å². The third-order valence-electron chi connectivity index (χ3n) is 3.29. The number of nitro benzene ring substituents is 1. The summed E-state index contributed by atoms with van der Waals surface area (Å²) in [6.07, 6.45) is 0. The molecule has 0 radical (unpaired) electrons. The first-order valence-corrected chi connectivity index (χ1v) is 6.52. The molecule has 21 heavy (non-hydrogen) atoms. The van der Waals surface area contributed by atoms with Crippen LogP contribution in [0.1, 0.15) is 27.0 Å². The smallest absolute Gasteiger partial charge is 0.274 e. The molecule has 108 valence electrons. The van der Waals surface area contributed by atoms with Gasteiger partial charge in [0.2, 0.25) is 0 Å². The minimum absolute atomic E-state index is 0.00609. The highest BCUT2D eigenvalue weighted by Crippen LogP contribution is 2.23. The van der Waals surface area contributed by atoms with Crippen molar-refractivity contribution in [2.75, 3.05) is 5.32 Å². The highest BCUT2D eigenvalue weighted by atomic mass is 16.6. The Kier molecular flexibility index (Phi) is 4.03. The number of anilines is 1. The van der Waals surface area contributed by atoms with E-state index in [1.165, 1.54) is 6.07 Å². The SMILES string of the molecule is Cc1ccc(C(=O)Nc2ccc(C)c([N+](=O)[O-])c2)c(C)c1. The maximum Gasteiger partial charge on any atom is 0.274 e. The van der Waals surface area contributed by atoms with Crippen LogP contribution in [0.4, 0.5) is 11.4 Å². The molecule has 0 aromatic heterocycles. The molecule has 1 N–H and O–H groups in total. The number of hydrogen-bond donors (Lipinski definition) is 1. The van der Waals surface area contributed by atoms with E-state index in [2.05, 4.69) is 5.32 Å². The Bertz CT molecular complexity index is 723. The van der Waals surface area contributed by atoms with Crippen molar-refractivity contribution in [3.05, 3.63) is 68.8 Å². The van der Waals surface area contributed by atoms with Gasteiger partial charge in [-0.2, -0.15) is 0 Å². The van der Waals surface area contributed by atoms with Crippen LogP contribution in [0.5, 0.6) is 0 Å². The molecule has 2 rings (SSSR count). The zero-order chi connectivity index (χ0) is 15.6. The average molecular weight is 284 g/mol. The number of carbonyl (C=O) groups excluding carboxylic acids is 1. The molecule has 0 saturated carbocycles. The maximum atomic E-state index is 12.2. The second kappa shape index (κ2) is 5.75. The largest absolute Gasteiger partial charge is 0.322 e. The molecule has 2 aromatic rings. The number of benzene rings is 2. The monoisotopic (exact) mass is 284 g/mol. The van der Waals surface area contributed by atoms with Crippen molar-refractivity contribution in [3.8, 4) is 0 Å². The Hall–Kier alpha value is -2.69. The number of carbonyl (C=O) groups is 1. The van der Waals surface area contributed by atoms with Gasteiger partial charge in [-0.25, -0.2) is 0 Å². The standard InChI is InChI=1S/C16H16N2O3/c1-10-4-7-14(12(3)8-10)16(19)17-13-6-5-11(2)15(9-13)18(20)21/h4-9H,1-3H3,(H,17,19). The molecule has 1 amide bonds. The molecular weight excluding hydrogens is 268 g/mol. The molecular formula is C16H16N2O3. The summed E-state index contributed by atoms with van der Waals surface area (Å²) in [6.45, 7) is 5.48. The number of hydrogen-bond acceptors (Lipinski definition) is 3. The Morgan fingerprint density at radius 3 is 2.38 bits per heavy atom. The molecule has 0 bridgehead atoms. The number of aryl methyl sites for hydroxylation is 3. The van der Waals surface area contributed by atoms with Gasteiger partial charge < -0.3 is 5.32 Å². The van der Waals surface area contributed by atoms with Gasteiger partial charge in [0.05, 0.1) is 4.92 Å². The zero-order valence-electron chi connectivity index (χ0n) is 12.1. The van der Waals surface area contributed by atoms with Crippen molar-refractivity contribution < 1.29 is 9.72 Å². The third kappa shape index (κ3) is 3.25. The number of rotatable bonds is 3. The topological polar surface area (TPSA) is 72.2 Å². The van der Waals surface area contributed by atoms with Crippen molar-refractivity contribution in [2.24, 2.45) is 0 Å². The lowest BCUT2D eigenvalue weighted by Gasteiger charge is -2.09. The number of nitrogens with zero attached hydrogens (tertiary/aromatic N) is 1. The Balaban J connectivity index is 2.27. The molecule has 5 heteroatoms. The Morgan fingerprint density at radius 2 is 1.76 bits per heavy atom. The van der Waals surface area contributed by atoms with E-state index in [0.29, 0.717) is 16.8 Å². The van der Waals surface area contributed by atoms with Crippen LogP contribution in [0.15, 0.2) is 36.4 Å². The van der Waals surface area contributed by atoms with Crippen molar-refractivity contribution in [3.63, 3.8) is 0 Å². The van der Waals surface area contributed by atoms with Crippen molar-refractivity contribution in [1.82, 2.24) is 0 Å². The van der Waals surface area contributed by atoms with E-state index in [1.54, 1.807) is 25.1 Å². The third-order valence-corrected chi connectivity index (χ3v) is 3.29. The summed E-state index contributed by atoms with van der Waals surface area (Å²) in [5.41, 5.74) is 3.48. The first-order valence-electron chi connectivity index (χ1n) is 6.52. The number of nitrogens with one attached hydrogen (secondary N) is 1. The highest BCUT2D eigenvalue weighted by Gasteiger charge is 2.14. The Labute approximate surface area is 122 Å². The van der Waals surface area contributed by atoms with Gasteiger partial charge in [0, 0.05) is 22.9 Å². The minimum Gasteiger partial charge on any atom is -0.322 e. The molecule has 0 unspecified atom stereocenters. The van der Waals surface area contributed by atoms with E-state index in [0.717, 1.165) is 11.1 Å². The van der Waals surface area contributed by atoms with Crippen LogP contribution in [0.2, 0.25) is 0 Å². The fourth-order valence-electron chi connectivity index (χ4n) is 2.15. The molecule has 0 heterocycles. The van der Waals surface area contributed by atoms with Gasteiger partial charge in [0.15, 0.2) is 0 Å². The summed E-state index contributed by atoms with van der Waals surface area (Å²) in [5, 5.41) is 13.6. The summed E-state index contributed by atoms with van der Waals surface area (Å²) in [5.74, 6) is -0.273. The van der Waals surface area contributed by atoms with E-state index < -0.39 is 4.92 Å². The first kappa shape index (κ1) is 14.7. The van der Waals surface area contributed by atoms with Crippen LogP contribution in [-0.4, -0.2) is 10.8 Å². The average Bonchev–Trinajstić information content (AvgIpc) is 2.40. The van der Waals surface area contributed by atoms with Crippen molar-refractivity contribution >= 4 is 17.3 Å². The van der Waals surface area contributed by atoms with Gasteiger partial charge in [-0.3, -0.25) is 14.9 Å². The molecule has 0 fully saturated rings. The van der Waals surface area contributed by atoms with Crippen LogP contribution in [0.3, 0.4) is 0 Å². The lowest BCUT2D eigenvalue weighted by atomic mass is 10.1. The highest BCUT2D eigenvalue weighted by molar-refractivity contribution is 6.05. The molecule has 0 spiro atoms. The number of amides is 1. The summed E-state index contributed by atoms with van der Waals surface area (Å²) in [7, 11) is 0. The van der Waals surface area contributed by atoms with Crippen LogP contribution >= 0.6 is 0 Å². The minimum atomic E-state index is -0.456. The van der Waals surface area contributed by atoms with Crippen LogP contribution < -0.4 is 5.32 Å². The van der Waals surface area contributed by atoms with Gasteiger partial charge in [-0.15, -0.1) is 0 Å². The number of nitro groups is 1. The second-order valence-electron chi connectivity index (χ2n) is 5.03. The van der Waals surface area contributed by atoms with E-state index >= 15 is 0 Å². The summed E-state index contributed by atoms with van der Waals surface area (Å²) < 4.78 is 0. The van der Waals surface area contributed by atoms with E-state index in [9.17, 15) is 14.9 Å². The van der Waals surface area contributed by atoms with Gasteiger partial charge in [0.25, 0.3) is 11.6 Å². The van der Waals surface area contributed by atoms with Gasteiger partial charge in [0.1, 0.15) is 0 Å². The van der Waals surface area contributed by atoms with Crippen LogP contribution in [0, 0.1) is 30.9 Å².